The quantitative estimate of drug-likeness (QED) is 0.614. The first kappa shape index (κ1) is 23.8. The number of allylic oxidation sites excluding steroid dienone is 1. The molecule has 0 saturated carbocycles. The highest BCUT2D eigenvalue weighted by Crippen LogP contribution is 2.38. The normalized spacial score (nSPS) is 16.2. The zero-order valence-electron chi connectivity index (χ0n) is 17.7. The lowest BCUT2D eigenvalue weighted by atomic mass is 9.83. The van der Waals surface area contributed by atoms with E-state index in [-0.39, 0.29) is 37.9 Å². The number of rotatable bonds is 7. The minimum Gasteiger partial charge on any atom is -0.463 e. The maximum absolute atomic E-state index is 13.0. The van der Waals surface area contributed by atoms with Crippen molar-refractivity contribution < 1.29 is 19.1 Å². The molecule has 0 fully saturated rings. The van der Waals surface area contributed by atoms with E-state index in [0.717, 1.165) is 5.56 Å². The average Bonchev–Trinajstić information content (AvgIpc) is 2.77. The standard InChI is InChI=1S/C23H23Cl2N3O4/c1-3-32-23(31)22-14(2)28(13-20(29)27-12-15-5-4-8-26-11-15)21(30)10-17(22)16-6-7-18(24)19(25)9-16/h4-9,11,17H,3,10,12-13H2,1-2H3,(H,27,29). The van der Waals surface area contributed by atoms with Crippen LogP contribution in [0.15, 0.2) is 54.0 Å². The molecule has 7 nitrogen and oxygen atoms in total. The number of benzene rings is 1. The van der Waals surface area contributed by atoms with E-state index < -0.39 is 11.9 Å². The minimum absolute atomic E-state index is 0.000661. The third-order valence-electron chi connectivity index (χ3n) is 5.18. The number of aromatic nitrogens is 1. The summed E-state index contributed by atoms with van der Waals surface area (Å²) in [4.78, 5) is 43.6. The molecule has 0 bridgehead atoms. The van der Waals surface area contributed by atoms with Crippen LogP contribution in [0.25, 0.3) is 0 Å². The second-order valence-electron chi connectivity index (χ2n) is 7.27. The fraction of sp³-hybridized carbons (Fsp3) is 0.304. The zero-order valence-corrected chi connectivity index (χ0v) is 19.2. The molecule has 0 aliphatic carbocycles. The highest BCUT2D eigenvalue weighted by atomic mass is 35.5. The minimum atomic E-state index is -0.550. The summed E-state index contributed by atoms with van der Waals surface area (Å²) in [6.45, 7) is 3.61. The van der Waals surface area contributed by atoms with Crippen molar-refractivity contribution in [1.82, 2.24) is 15.2 Å². The number of nitrogens with one attached hydrogen (secondary N) is 1. The summed E-state index contributed by atoms with van der Waals surface area (Å²) in [5.74, 6) is -1.71. The van der Waals surface area contributed by atoms with Gasteiger partial charge in [-0.3, -0.25) is 14.6 Å². The molecule has 0 radical (unpaired) electrons. The number of carbonyl (C=O) groups excluding carboxylic acids is 3. The second kappa shape index (κ2) is 10.6. The van der Waals surface area contributed by atoms with Gasteiger partial charge in [0, 0.05) is 37.0 Å². The number of amides is 2. The number of hydrogen-bond acceptors (Lipinski definition) is 5. The van der Waals surface area contributed by atoms with Gasteiger partial charge in [0.15, 0.2) is 0 Å². The second-order valence-corrected chi connectivity index (χ2v) is 8.08. The summed E-state index contributed by atoms with van der Waals surface area (Å²) in [5.41, 5.74) is 2.22. The largest absolute Gasteiger partial charge is 0.463 e. The van der Waals surface area contributed by atoms with Crippen LogP contribution < -0.4 is 5.32 Å². The van der Waals surface area contributed by atoms with E-state index in [2.05, 4.69) is 10.3 Å². The third-order valence-corrected chi connectivity index (χ3v) is 5.92. The lowest BCUT2D eigenvalue weighted by Gasteiger charge is -2.34. The Labute approximate surface area is 196 Å². The Kier molecular flexibility index (Phi) is 7.88. The highest BCUT2D eigenvalue weighted by Gasteiger charge is 2.37. The average molecular weight is 476 g/mol. The van der Waals surface area contributed by atoms with Gasteiger partial charge in [-0.05, 0) is 43.2 Å². The number of hydrogen-bond donors (Lipinski definition) is 1. The summed E-state index contributed by atoms with van der Waals surface area (Å²) >= 11 is 12.2. The molecule has 3 rings (SSSR count). The first-order valence-corrected chi connectivity index (χ1v) is 10.9. The van der Waals surface area contributed by atoms with Crippen LogP contribution in [0.5, 0.6) is 0 Å². The van der Waals surface area contributed by atoms with E-state index in [1.165, 1.54) is 4.90 Å². The molecule has 1 aliphatic heterocycles. The van der Waals surface area contributed by atoms with Crippen LogP contribution in [-0.2, 0) is 25.7 Å². The first-order chi connectivity index (χ1) is 15.3. The monoisotopic (exact) mass is 475 g/mol. The molecule has 9 heteroatoms. The van der Waals surface area contributed by atoms with Gasteiger partial charge in [0.05, 0.1) is 22.2 Å². The Balaban J connectivity index is 1.86. The van der Waals surface area contributed by atoms with Gasteiger partial charge in [-0.1, -0.05) is 35.3 Å². The van der Waals surface area contributed by atoms with E-state index in [4.69, 9.17) is 27.9 Å². The predicted molar refractivity (Wildman–Crippen MR) is 121 cm³/mol. The number of pyridine rings is 1. The Bertz CT molecular complexity index is 1060. The van der Waals surface area contributed by atoms with Gasteiger partial charge in [-0.15, -0.1) is 0 Å². The Hall–Kier alpha value is -2.90. The molecule has 1 unspecified atom stereocenters. The van der Waals surface area contributed by atoms with E-state index >= 15 is 0 Å². The topological polar surface area (TPSA) is 88.6 Å². The summed E-state index contributed by atoms with van der Waals surface area (Å²) < 4.78 is 5.25. The van der Waals surface area contributed by atoms with Crippen molar-refractivity contribution >= 4 is 41.0 Å². The van der Waals surface area contributed by atoms with E-state index in [9.17, 15) is 14.4 Å². The van der Waals surface area contributed by atoms with Crippen LogP contribution in [-0.4, -0.2) is 40.8 Å². The Morgan fingerprint density at radius 2 is 2.03 bits per heavy atom. The van der Waals surface area contributed by atoms with Crippen LogP contribution in [0.4, 0.5) is 0 Å². The number of esters is 1. The van der Waals surface area contributed by atoms with Crippen molar-refractivity contribution in [1.29, 1.82) is 0 Å². The first-order valence-electron chi connectivity index (χ1n) is 10.1. The van der Waals surface area contributed by atoms with Crippen molar-refractivity contribution in [2.45, 2.75) is 32.7 Å². The molecule has 1 aliphatic rings. The molecular weight excluding hydrogens is 453 g/mol. The number of ether oxygens (including phenoxy) is 1. The summed E-state index contributed by atoms with van der Waals surface area (Å²) in [6, 6.07) is 8.61. The summed E-state index contributed by atoms with van der Waals surface area (Å²) in [6.07, 6.45) is 3.30. The SMILES string of the molecule is CCOC(=O)C1=C(C)N(CC(=O)NCc2cccnc2)C(=O)CC1c1ccc(Cl)c(Cl)c1. The highest BCUT2D eigenvalue weighted by molar-refractivity contribution is 6.42. The summed E-state index contributed by atoms with van der Waals surface area (Å²) in [7, 11) is 0. The third kappa shape index (κ3) is 5.47. The maximum atomic E-state index is 13.0. The number of halogens is 2. The Morgan fingerprint density at radius 1 is 1.25 bits per heavy atom. The zero-order chi connectivity index (χ0) is 23.3. The van der Waals surface area contributed by atoms with Crippen molar-refractivity contribution in [3.05, 3.63) is 75.2 Å². The molecule has 0 saturated heterocycles. The van der Waals surface area contributed by atoms with E-state index in [1.807, 2.05) is 6.07 Å². The van der Waals surface area contributed by atoms with Crippen LogP contribution in [0.3, 0.4) is 0 Å². The lowest BCUT2D eigenvalue weighted by Crippen LogP contribution is -2.44. The molecule has 32 heavy (non-hydrogen) atoms. The van der Waals surface area contributed by atoms with E-state index in [1.54, 1.807) is 50.5 Å². The fourth-order valence-corrected chi connectivity index (χ4v) is 3.90. The summed E-state index contributed by atoms with van der Waals surface area (Å²) in [5, 5.41) is 3.48. The van der Waals surface area contributed by atoms with Crippen molar-refractivity contribution in [3.63, 3.8) is 0 Å². The molecule has 2 amide bonds. The predicted octanol–water partition coefficient (Wildman–Crippen LogP) is 3.86. The van der Waals surface area contributed by atoms with Crippen LogP contribution in [0, 0.1) is 0 Å². The fourth-order valence-electron chi connectivity index (χ4n) is 3.59. The number of carbonyl (C=O) groups is 3. The van der Waals surface area contributed by atoms with Crippen molar-refractivity contribution in [3.8, 4) is 0 Å². The van der Waals surface area contributed by atoms with Crippen molar-refractivity contribution in [2.75, 3.05) is 13.2 Å². The van der Waals surface area contributed by atoms with Gasteiger partial charge < -0.3 is 15.0 Å². The van der Waals surface area contributed by atoms with Crippen LogP contribution in [0.2, 0.25) is 10.0 Å². The van der Waals surface area contributed by atoms with Crippen LogP contribution >= 0.6 is 23.2 Å². The number of nitrogens with zero attached hydrogens (tertiary/aromatic N) is 2. The molecule has 2 heterocycles. The van der Waals surface area contributed by atoms with Gasteiger partial charge in [0.1, 0.15) is 6.54 Å². The molecule has 1 aromatic carbocycles. The Morgan fingerprint density at radius 3 is 2.69 bits per heavy atom. The maximum Gasteiger partial charge on any atom is 0.336 e. The molecule has 2 aromatic rings. The van der Waals surface area contributed by atoms with Gasteiger partial charge >= 0.3 is 5.97 Å². The van der Waals surface area contributed by atoms with Gasteiger partial charge in [0.25, 0.3) is 0 Å². The van der Waals surface area contributed by atoms with Gasteiger partial charge in [-0.2, -0.15) is 0 Å². The molecule has 0 spiro atoms. The molecule has 1 aromatic heterocycles. The molecule has 1 atom stereocenters. The lowest BCUT2D eigenvalue weighted by molar-refractivity contribution is -0.141. The van der Waals surface area contributed by atoms with Crippen molar-refractivity contribution in [2.24, 2.45) is 0 Å². The van der Waals surface area contributed by atoms with E-state index in [0.29, 0.717) is 26.9 Å². The smallest absolute Gasteiger partial charge is 0.336 e. The van der Waals surface area contributed by atoms with Gasteiger partial charge in [0.2, 0.25) is 11.8 Å². The molecular formula is C23H23Cl2N3O4. The van der Waals surface area contributed by atoms with Crippen LogP contribution in [0.1, 0.15) is 37.3 Å². The van der Waals surface area contributed by atoms with Gasteiger partial charge in [-0.25, -0.2) is 4.79 Å². The molecule has 1 N–H and O–H groups in total. The molecule has 168 valence electrons.